The van der Waals surface area contributed by atoms with Gasteiger partial charge in [-0.2, -0.15) is 4.98 Å². The van der Waals surface area contributed by atoms with Gasteiger partial charge in [0.25, 0.3) is 5.89 Å². The van der Waals surface area contributed by atoms with E-state index in [-0.39, 0.29) is 6.04 Å². The van der Waals surface area contributed by atoms with Gasteiger partial charge in [0.2, 0.25) is 0 Å². The molecule has 2 heterocycles. The number of thioether (sulfide) groups is 1. The average Bonchev–Trinajstić information content (AvgIpc) is 2.83. The van der Waals surface area contributed by atoms with Gasteiger partial charge in [-0.1, -0.05) is 18.0 Å². The van der Waals surface area contributed by atoms with Crippen molar-refractivity contribution in [2.45, 2.75) is 36.6 Å². The molecule has 5 heteroatoms. The zero-order chi connectivity index (χ0) is 13.8. The Balaban J connectivity index is 1.78. The second-order valence-electron chi connectivity index (χ2n) is 5.04. The Morgan fingerprint density at radius 2 is 2.05 bits per heavy atom. The fourth-order valence-corrected chi connectivity index (χ4v) is 2.88. The van der Waals surface area contributed by atoms with E-state index in [1.807, 2.05) is 12.1 Å². The van der Waals surface area contributed by atoms with Crippen LogP contribution in [-0.2, 0) is 0 Å². The van der Waals surface area contributed by atoms with E-state index < -0.39 is 0 Å². The second kappa shape index (κ2) is 6.41. The van der Waals surface area contributed by atoms with Crippen LogP contribution >= 0.6 is 11.8 Å². The molecule has 1 N–H and O–H groups in total. The molecule has 0 bridgehead atoms. The lowest BCUT2D eigenvalue weighted by Crippen LogP contribution is -2.21. The summed E-state index contributed by atoms with van der Waals surface area (Å²) in [7, 11) is 0. The first-order valence-corrected chi connectivity index (χ1v) is 8.31. The number of nitrogens with one attached hydrogen (secondary N) is 1. The first-order valence-electron chi connectivity index (χ1n) is 7.08. The lowest BCUT2D eigenvalue weighted by molar-refractivity contribution is 0.402. The normalized spacial score (nSPS) is 19.8. The zero-order valence-electron chi connectivity index (χ0n) is 11.6. The Kier molecular flexibility index (Phi) is 4.38. The maximum atomic E-state index is 5.41. The van der Waals surface area contributed by atoms with Crippen molar-refractivity contribution in [1.29, 1.82) is 0 Å². The molecule has 1 aliphatic rings. The van der Waals surface area contributed by atoms with Crippen molar-refractivity contribution in [1.82, 2.24) is 15.5 Å². The summed E-state index contributed by atoms with van der Waals surface area (Å²) < 4.78 is 5.41. The van der Waals surface area contributed by atoms with Crippen molar-refractivity contribution >= 4 is 11.8 Å². The molecule has 106 valence electrons. The van der Waals surface area contributed by atoms with E-state index in [1.54, 1.807) is 11.8 Å². The van der Waals surface area contributed by atoms with Gasteiger partial charge < -0.3 is 9.84 Å². The van der Waals surface area contributed by atoms with Crippen LogP contribution in [-0.4, -0.2) is 22.9 Å². The van der Waals surface area contributed by atoms with E-state index in [9.17, 15) is 0 Å². The van der Waals surface area contributed by atoms with Gasteiger partial charge >= 0.3 is 0 Å². The van der Waals surface area contributed by atoms with Gasteiger partial charge in [0.15, 0.2) is 5.82 Å². The molecular formula is C15H19N3OS. The number of hydrogen-bond acceptors (Lipinski definition) is 5. The molecule has 3 rings (SSSR count). The monoisotopic (exact) mass is 289 g/mol. The summed E-state index contributed by atoms with van der Waals surface area (Å²) in [6.45, 7) is 1.04. The minimum atomic E-state index is 0.237. The molecule has 1 saturated heterocycles. The van der Waals surface area contributed by atoms with Gasteiger partial charge in [0.05, 0.1) is 6.04 Å². The first kappa shape index (κ1) is 13.6. The lowest BCUT2D eigenvalue weighted by atomic mass is 10.1. The quantitative estimate of drug-likeness (QED) is 0.874. The smallest absolute Gasteiger partial charge is 0.257 e. The predicted molar refractivity (Wildman–Crippen MR) is 80.7 cm³/mol. The predicted octanol–water partition coefficient (Wildman–Crippen LogP) is 3.66. The number of benzene rings is 1. The van der Waals surface area contributed by atoms with Crippen LogP contribution in [0.25, 0.3) is 11.5 Å². The maximum absolute atomic E-state index is 5.41. The Bertz CT molecular complexity index is 545. The highest BCUT2D eigenvalue weighted by Gasteiger charge is 2.19. The van der Waals surface area contributed by atoms with E-state index in [2.05, 4.69) is 33.8 Å². The molecule has 1 aromatic carbocycles. The third-order valence-electron chi connectivity index (χ3n) is 3.65. The fraction of sp³-hybridized carbons (Fsp3) is 0.467. The zero-order valence-corrected chi connectivity index (χ0v) is 12.4. The Morgan fingerprint density at radius 3 is 2.85 bits per heavy atom. The number of hydrogen-bond donors (Lipinski definition) is 1. The van der Waals surface area contributed by atoms with E-state index >= 15 is 0 Å². The van der Waals surface area contributed by atoms with E-state index in [0.29, 0.717) is 5.89 Å². The molecule has 1 aliphatic heterocycles. The van der Waals surface area contributed by atoms with E-state index in [0.717, 1.165) is 24.4 Å². The van der Waals surface area contributed by atoms with Crippen molar-refractivity contribution in [2.24, 2.45) is 0 Å². The van der Waals surface area contributed by atoms with Gasteiger partial charge in [-0.05, 0) is 49.9 Å². The Morgan fingerprint density at radius 1 is 1.20 bits per heavy atom. The fourth-order valence-electron chi connectivity index (χ4n) is 2.48. The summed E-state index contributed by atoms with van der Waals surface area (Å²) >= 11 is 1.73. The molecule has 1 atom stereocenters. The first-order chi connectivity index (χ1) is 9.86. The van der Waals surface area contributed by atoms with Crippen LogP contribution in [0.3, 0.4) is 0 Å². The van der Waals surface area contributed by atoms with Crippen molar-refractivity contribution in [3.63, 3.8) is 0 Å². The largest absolute Gasteiger partial charge is 0.334 e. The molecule has 0 radical (unpaired) electrons. The highest BCUT2D eigenvalue weighted by atomic mass is 32.2. The van der Waals surface area contributed by atoms with Crippen LogP contribution in [0.1, 0.15) is 37.5 Å². The van der Waals surface area contributed by atoms with Gasteiger partial charge in [0, 0.05) is 10.5 Å². The molecular weight excluding hydrogens is 270 g/mol. The van der Waals surface area contributed by atoms with Gasteiger partial charge in [0.1, 0.15) is 0 Å². The summed E-state index contributed by atoms with van der Waals surface area (Å²) in [5, 5.41) is 7.64. The summed E-state index contributed by atoms with van der Waals surface area (Å²) in [6.07, 6.45) is 6.90. The van der Waals surface area contributed by atoms with Crippen LogP contribution in [0.15, 0.2) is 33.7 Å². The highest BCUT2D eigenvalue weighted by molar-refractivity contribution is 7.98. The Labute approximate surface area is 123 Å². The molecule has 1 fully saturated rings. The van der Waals surface area contributed by atoms with Gasteiger partial charge in [-0.3, -0.25) is 0 Å². The highest BCUT2D eigenvalue weighted by Crippen LogP contribution is 2.25. The van der Waals surface area contributed by atoms with Crippen LogP contribution in [0.2, 0.25) is 0 Å². The number of rotatable bonds is 3. The molecule has 4 nitrogen and oxygen atoms in total. The van der Waals surface area contributed by atoms with E-state index in [1.165, 1.54) is 24.2 Å². The molecule has 0 amide bonds. The molecule has 1 aromatic heterocycles. The number of aromatic nitrogens is 2. The second-order valence-corrected chi connectivity index (χ2v) is 5.92. The van der Waals surface area contributed by atoms with Crippen molar-refractivity contribution in [3.8, 4) is 11.5 Å². The molecule has 0 saturated carbocycles. The van der Waals surface area contributed by atoms with Crippen LogP contribution in [0.5, 0.6) is 0 Å². The van der Waals surface area contributed by atoms with Crippen LogP contribution < -0.4 is 5.32 Å². The minimum absolute atomic E-state index is 0.237. The standard InChI is InChI=1S/C15H19N3OS/c1-20-12-8-6-11(7-9-12)15-17-14(18-19-15)13-5-3-2-4-10-16-13/h6-9,13,16H,2-5,10H2,1H3. The molecule has 20 heavy (non-hydrogen) atoms. The van der Waals surface area contributed by atoms with Gasteiger partial charge in [-0.25, -0.2) is 0 Å². The van der Waals surface area contributed by atoms with Crippen LogP contribution in [0.4, 0.5) is 0 Å². The lowest BCUT2D eigenvalue weighted by Gasteiger charge is -2.09. The third kappa shape index (κ3) is 3.04. The van der Waals surface area contributed by atoms with Crippen LogP contribution in [0, 0.1) is 0 Å². The number of nitrogens with zero attached hydrogens (tertiary/aromatic N) is 2. The summed E-state index contributed by atoms with van der Waals surface area (Å²) in [6, 6.07) is 8.45. The molecule has 2 aromatic rings. The summed E-state index contributed by atoms with van der Waals surface area (Å²) in [4.78, 5) is 5.79. The molecule has 1 unspecified atom stereocenters. The summed E-state index contributed by atoms with van der Waals surface area (Å²) in [5.41, 5.74) is 0.982. The topological polar surface area (TPSA) is 51.0 Å². The van der Waals surface area contributed by atoms with E-state index in [4.69, 9.17) is 4.52 Å². The van der Waals surface area contributed by atoms with Gasteiger partial charge in [-0.15, -0.1) is 11.8 Å². The average molecular weight is 289 g/mol. The molecule has 0 spiro atoms. The SMILES string of the molecule is CSc1ccc(-c2nc(C3CCCCCN3)no2)cc1. The van der Waals surface area contributed by atoms with Crippen molar-refractivity contribution in [2.75, 3.05) is 12.8 Å². The minimum Gasteiger partial charge on any atom is -0.334 e. The molecule has 0 aliphatic carbocycles. The maximum Gasteiger partial charge on any atom is 0.257 e. The van der Waals surface area contributed by atoms with Crippen molar-refractivity contribution in [3.05, 3.63) is 30.1 Å². The van der Waals surface area contributed by atoms with Crippen molar-refractivity contribution < 1.29 is 4.52 Å². The Hall–Kier alpha value is -1.33. The third-order valence-corrected chi connectivity index (χ3v) is 4.39. The summed E-state index contributed by atoms with van der Waals surface area (Å²) in [5.74, 6) is 1.40.